The minimum atomic E-state index is -0.250. The van der Waals surface area contributed by atoms with Crippen LogP contribution in [0.2, 0.25) is 0 Å². The molecule has 0 aliphatic carbocycles. The third-order valence-electron chi connectivity index (χ3n) is 2.45. The van der Waals surface area contributed by atoms with Crippen LogP contribution >= 0.6 is 50.7 Å². The first-order valence-corrected chi connectivity index (χ1v) is 7.96. The van der Waals surface area contributed by atoms with E-state index in [2.05, 4.69) is 49.2 Å². The van der Waals surface area contributed by atoms with Crippen LogP contribution in [0.15, 0.2) is 53.0 Å². The summed E-state index contributed by atoms with van der Waals surface area (Å²) in [5, 5.41) is 5.89. The standard InChI is InChI=1S/C14H10BrIN2OS/c15-12-4-2-1-3-11(12)13(19)18-14(20)17-10-7-5-9(16)6-8-10/h1-8H,(H2,17,18,19,20). The number of halogens is 2. The minimum Gasteiger partial charge on any atom is -0.332 e. The molecule has 0 saturated heterocycles. The van der Waals surface area contributed by atoms with E-state index >= 15 is 0 Å². The van der Waals surface area contributed by atoms with Gasteiger partial charge in [0, 0.05) is 13.7 Å². The summed E-state index contributed by atoms with van der Waals surface area (Å²) in [6.07, 6.45) is 0. The molecule has 102 valence electrons. The quantitative estimate of drug-likeness (QED) is 0.521. The van der Waals surface area contributed by atoms with Gasteiger partial charge in [-0.15, -0.1) is 0 Å². The largest absolute Gasteiger partial charge is 0.332 e. The van der Waals surface area contributed by atoms with Gasteiger partial charge in [-0.3, -0.25) is 10.1 Å². The highest BCUT2D eigenvalue weighted by molar-refractivity contribution is 14.1. The van der Waals surface area contributed by atoms with Crippen molar-refractivity contribution in [2.75, 3.05) is 5.32 Å². The predicted molar refractivity (Wildman–Crippen MR) is 97.0 cm³/mol. The molecular weight excluding hydrogens is 451 g/mol. The number of benzene rings is 2. The van der Waals surface area contributed by atoms with Crippen molar-refractivity contribution in [2.24, 2.45) is 0 Å². The number of thiocarbonyl (C=S) groups is 1. The topological polar surface area (TPSA) is 41.1 Å². The average molecular weight is 461 g/mol. The lowest BCUT2D eigenvalue weighted by Gasteiger charge is -2.10. The molecule has 0 aromatic heterocycles. The van der Waals surface area contributed by atoms with E-state index in [1.54, 1.807) is 12.1 Å². The molecule has 0 spiro atoms. The van der Waals surface area contributed by atoms with E-state index in [1.165, 1.54) is 0 Å². The molecule has 1 amide bonds. The van der Waals surface area contributed by atoms with E-state index in [9.17, 15) is 4.79 Å². The zero-order valence-corrected chi connectivity index (χ0v) is 14.8. The van der Waals surface area contributed by atoms with Crippen molar-refractivity contribution in [2.45, 2.75) is 0 Å². The Kier molecular flexibility index (Phi) is 5.50. The van der Waals surface area contributed by atoms with Crippen LogP contribution in [0.3, 0.4) is 0 Å². The van der Waals surface area contributed by atoms with E-state index in [0.29, 0.717) is 5.56 Å². The lowest BCUT2D eigenvalue weighted by atomic mass is 10.2. The number of amides is 1. The molecule has 0 unspecified atom stereocenters. The van der Waals surface area contributed by atoms with Crippen LogP contribution in [0.1, 0.15) is 10.4 Å². The normalized spacial score (nSPS) is 9.90. The van der Waals surface area contributed by atoms with E-state index in [4.69, 9.17) is 12.2 Å². The molecule has 0 aliphatic rings. The summed E-state index contributed by atoms with van der Waals surface area (Å²) in [6.45, 7) is 0. The zero-order chi connectivity index (χ0) is 14.5. The van der Waals surface area contributed by atoms with Gasteiger partial charge < -0.3 is 5.32 Å². The van der Waals surface area contributed by atoms with Gasteiger partial charge in [-0.05, 0) is 87.1 Å². The molecule has 0 saturated carbocycles. The first-order valence-electron chi connectivity index (χ1n) is 5.68. The van der Waals surface area contributed by atoms with Gasteiger partial charge in [-0.2, -0.15) is 0 Å². The molecule has 3 nitrogen and oxygen atoms in total. The Morgan fingerprint density at radius 1 is 1.10 bits per heavy atom. The van der Waals surface area contributed by atoms with Crippen molar-refractivity contribution < 1.29 is 4.79 Å². The lowest BCUT2D eigenvalue weighted by Crippen LogP contribution is -2.34. The van der Waals surface area contributed by atoms with Gasteiger partial charge in [0.2, 0.25) is 0 Å². The van der Waals surface area contributed by atoms with E-state index in [1.807, 2.05) is 36.4 Å². The fourth-order valence-electron chi connectivity index (χ4n) is 1.51. The van der Waals surface area contributed by atoms with Crippen LogP contribution in [0, 0.1) is 3.57 Å². The van der Waals surface area contributed by atoms with Crippen LogP contribution in [-0.2, 0) is 0 Å². The van der Waals surface area contributed by atoms with Crippen LogP contribution in [0.25, 0.3) is 0 Å². The van der Waals surface area contributed by atoms with Crippen molar-refractivity contribution in [3.05, 3.63) is 62.1 Å². The Morgan fingerprint density at radius 2 is 1.75 bits per heavy atom. The lowest BCUT2D eigenvalue weighted by molar-refractivity contribution is 0.0977. The second kappa shape index (κ2) is 7.14. The average Bonchev–Trinajstić information content (AvgIpc) is 2.41. The molecule has 0 bridgehead atoms. The Morgan fingerprint density at radius 3 is 2.40 bits per heavy atom. The van der Waals surface area contributed by atoms with Gasteiger partial charge >= 0.3 is 0 Å². The Balaban J connectivity index is 2.00. The second-order valence-electron chi connectivity index (χ2n) is 3.89. The minimum absolute atomic E-state index is 0.250. The highest BCUT2D eigenvalue weighted by atomic mass is 127. The molecule has 0 fully saturated rings. The highest BCUT2D eigenvalue weighted by Gasteiger charge is 2.10. The molecule has 0 heterocycles. The second-order valence-corrected chi connectivity index (χ2v) is 6.40. The van der Waals surface area contributed by atoms with Gasteiger partial charge in [0.15, 0.2) is 5.11 Å². The third-order valence-corrected chi connectivity index (χ3v) is 4.06. The van der Waals surface area contributed by atoms with Gasteiger partial charge in [-0.25, -0.2) is 0 Å². The summed E-state index contributed by atoms with van der Waals surface area (Å²) >= 11 is 10.7. The molecule has 2 aromatic rings. The van der Waals surface area contributed by atoms with Gasteiger partial charge in [0.1, 0.15) is 0 Å². The fourth-order valence-corrected chi connectivity index (χ4v) is 2.55. The van der Waals surface area contributed by atoms with Crippen LogP contribution in [0.5, 0.6) is 0 Å². The monoisotopic (exact) mass is 460 g/mol. The Hall–Kier alpha value is -0.990. The zero-order valence-electron chi connectivity index (χ0n) is 10.2. The Labute approximate surface area is 144 Å². The summed E-state index contributed by atoms with van der Waals surface area (Å²) in [4.78, 5) is 12.1. The number of hydrogen-bond acceptors (Lipinski definition) is 2. The summed E-state index contributed by atoms with van der Waals surface area (Å²) in [6, 6.07) is 14.9. The Bertz CT molecular complexity index is 646. The van der Waals surface area contributed by atoms with E-state index < -0.39 is 0 Å². The molecular formula is C14H10BrIN2OS. The van der Waals surface area contributed by atoms with Crippen molar-refractivity contribution in [3.63, 3.8) is 0 Å². The van der Waals surface area contributed by atoms with Gasteiger partial charge in [0.05, 0.1) is 5.56 Å². The predicted octanol–water partition coefficient (Wildman–Crippen LogP) is 4.18. The molecule has 6 heteroatoms. The molecule has 0 radical (unpaired) electrons. The number of carbonyl (C=O) groups is 1. The number of rotatable bonds is 2. The number of nitrogens with one attached hydrogen (secondary N) is 2. The molecule has 2 rings (SSSR count). The first-order chi connectivity index (χ1) is 9.56. The first kappa shape index (κ1) is 15.4. The van der Waals surface area contributed by atoms with Crippen molar-refractivity contribution in [1.29, 1.82) is 0 Å². The van der Waals surface area contributed by atoms with Gasteiger partial charge in [0.25, 0.3) is 5.91 Å². The summed E-state index contributed by atoms with van der Waals surface area (Å²) in [5.74, 6) is -0.250. The van der Waals surface area contributed by atoms with E-state index in [-0.39, 0.29) is 11.0 Å². The third kappa shape index (κ3) is 4.26. The number of anilines is 1. The maximum atomic E-state index is 12.1. The van der Waals surface area contributed by atoms with Crippen molar-refractivity contribution in [3.8, 4) is 0 Å². The summed E-state index contributed by atoms with van der Waals surface area (Å²) < 4.78 is 1.87. The smallest absolute Gasteiger partial charge is 0.258 e. The molecule has 2 aromatic carbocycles. The van der Waals surface area contributed by atoms with Crippen LogP contribution in [-0.4, -0.2) is 11.0 Å². The number of carbonyl (C=O) groups excluding carboxylic acids is 1. The summed E-state index contributed by atoms with van der Waals surface area (Å²) in [5.41, 5.74) is 1.38. The maximum Gasteiger partial charge on any atom is 0.258 e. The highest BCUT2D eigenvalue weighted by Crippen LogP contribution is 2.15. The molecule has 2 N–H and O–H groups in total. The SMILES string of the molecule is O=C(NC(=S)Nc1ccc(I)cc1)c1ccccc1Br. The molecule has 0 aliphatic heterocycles. The molecule has 0 atom stereocenters. The van der Waals surface area contributed by atoms with Crippen LogP contribution < -0.4 is 10.6 Å². The number of hydrogen-bond donors (Lipinski definition) is 2. The van der Waals surface area contributed by atoms with Gasteiger partial charge in [-0.1, -0.05) is 12.1 Å². The van der Waals surface area contributed by atoms with E-state index in [0.717, 1.165) is 13.7 Å². The van der Waals surface area contributed by atoms with Crippen LogP contribution in [0.4, 0.5) is 5.69 Å². The maximum absolute atomic E-state index is 12.1. The molecule has 20 heavy (non-hydrogen) atoms. The van der Waals surface area contributed by atoms with Crippen molar-refractivity contribution in [1.82, 2.24) is 5.32 Å². The summed E-state index contributed by atoms with van der Waals surface area (Å²) in [7, 11) is 0. The fraction of sp³-hybridized carbons (Fsp3) is 0. The van der Waals surface area contributed by atoms with Crippen molar-refractivity contribution >= 4 is 67.4 Å².